The van der Waals surface area contributed by atoms with Crippen molar-refractivity contribution in [2.45, 2.75) is 58.3 Å². The summed E-state index contributed by atoms with van der Waals surface area (Å²) in [5, 5.41) is 13.6. The number of hydrogen-bond donors (Lipinski definition) is 1. The van der Waals surface area contributed by atoms with Gasteiger partial charge in [-0.2, -0.15) is 0 Å². The Balaban J connectivity index is 1.47. The third kappa shape index (κ3) is 6.13. The Kier molecular flexibility index (Phi) is 7.78. The second-order valence-electron chi connectivity index (χ2n) is 7.98. The molecule has 1 N–H and O–H groups in total. The van der Waals surface area contributed by atoms with Crippen molar-refractivity contribution < 1.29 is 23.9 Å². The molecule has 0 aliphatic carbocycles. The summed E-state index contributed by atoms with van der Waals surface area (Å²) >= 11 is 0. The monoisotopic (exact) mass is 435 g/mol. The molecule has 0 aromatic carbocycles. The molecule has 0 radical (unpaired) electrons. The Bertz CT molecular complexity index is 814. The Morgan fingerprint density at radius 2 is 2.00 bits per heavy atom. The highest BCUT2D eigenvalue weighted by Gasteiger charge is 2.26. The zero-order valence-corrected chi connectivity index (χ0v) is 18.1. The molecule has 2 aliphatic heterocycles. The van der Waals surface area contributed by atoms with Gasteiger partial charge in [0, 0.05) is 63.6 Å². The first-order valence-electron chi connectivity index (χ1n) is 10.6. The number of aliphatic hydroxyl groups is 1. The van der Waals surface area contributed by atoms with Gasteiger partial charge in [0.15, 0.2) is 0 Å². The molecule has 2 saturated heterocycles. The number of hydrogen-bond acceptors (Lipinski definition) is 8. The van der Waals surface area contributed by atoms with Crippen molar-refractivity contribution in [1.29, 1.82) is 0 Å². The van der Waals surface area contributed by atoms with E-state index in [1.54, 1.807) is 4.90 Å². The van der Waals surface area contributed by atoms with E-state index in [-0.39, 0.29) is 30.6 Å². The van der Waals surface area contributed by atoms with Gasteiger partial charge in [0.25, 0.3) is 0 Å². The summed E-state index contributed by atoms with van der Waals surface area (Å²) in [4.78, 5) is 29.8. The van der Waals surface area contributed by atoms with Crippen molar-refractivity contribution in [3.05, 3.63) is 24.0 Å². The molecule has 0 bridgehead atoms. The van der Waals surface area contributed by atoms with Crippen LogP contribution in [0.4, 0.5) is 15.1 Å². The molecule has 3 rings (SSSR count). The minimum atomic E-state index is -0.691. The van der Waals surface area contributed by atoms with Gasteiger partial charge in [0.2, 0.25) is 5.95 Å². The average molecular weight is 436 g/mol. The summed E-state index contributed by atoms with van der Waals surface area (Å²) in [5.74, 6) is -0.282. The quantitative estimate of drug-likeness (QED) is 0.686. The van der Waals surface area contributed by atoms with Crippen LogP contribution in [0.25, 0.3) is 5.83 Å². The maximum Gasteiger partial charge on any atom is 0.410 e. The number of carbonyl (C=O) groups is 1. The highest BCUT2D eigenvalue weighted by atomic mass is 19.1. The Labute approximate surface area is 181 Å². The van der Waals surface area contributed by atoms with Crippen molar-refractivity contribution in [2.75, 3.05) is 31.1 Å². The van der Waals surface area contributed by atoms with E-state index in [4.69, 9.17) is 9.57 Å². The van der Waals surface area contributed by atoms with Crippen molar-refractivity contribution in [3.63, 3.8) is 0 Å². The summed E-state index contributed by atoms with van der Waals surface area (Å²) in [7, 11) is 0. The van der Waals surface area contributed by atoms with Gasteiger partial charge in [0.1, 0.15) is 17.6 Å². The summed E-state index contributed by atoms with van der Waals surface area (Å²) < 4.78 is 18.8. The zero-order chi connectivity index (χ0) is 22.4. The Morgan fingerprint density at radius 3 is 2.58 bits per heavy atom. The van der Waals surface area contributed by atoms with Crippen LogP contribution < -0.4 is 4.90 Å². The lowest BCUT2D eigenvalue weighted by Gasteiger charge is -2.31. The van der Waals surface area contributed by atoms with Crippen LogP contribution in [-0.2, 0) is 16.2 Å². The number of rotatable bonds is 6. The fourth-order valence-corrected chi connectivity index (χ4v) is 3.53. The van der Waals surface area contributed by atoms with Crippen LogP contribution in [0.3, 0.4) is 0 Å². The first-order valence-corrected chi connectivity index (χ1v) is 10.6. The van der Waals surface area contributed by atoms with Gasteiger partial charge >= 0.3 is 6.09 Å². The number of oxime groups is 1. The van der Waals surface area contributed by atoms with Gasteiger partial charge in [-0.3, -0.25) is 0 Å². The number of carbonyl (C=O) groups excluding carboxylic acids is 1. The number of nitrogens with zero attached hydrogens (tertiary/aromatic N) is 5. The molecule has 10 heteroatoms. The molecule has 2 aliphatic rings. The van der Waals surface area contributed by atoms with E-state index >= 15 is 0 Å². The summed E-state index contributed by atoms with van der Waals surface area (Å²) in [5.41, 5.74) is 1.31. The lowest BCUT2D eigenvalue weighted by molar-refractivity contribution is 0.00415. The molecule has 0 atom stereocenters. The average Bonchev–Trinajstić information content (AvgIpc) is 2.77. The maximum atomic E-state index is 13.6. The summed E-state index contributed by atoms with van der Waals surface area (Å²) in [6.45, 7) is 9.07. The van der Waals surface area contributed by atoms with Crippen molar-refractivity contribution in [1.82, 2.24) is 14.9 Å². The van der Waals surface area contributed by atoms with Crippen LogP contribution in [0, 0.1) is 0 Å². The molecule has 3 heterocycles. The standard InChI is InChI=1S/C21H30FN5O4/c1-14(2)30-21(29)27-10-6-18(7-11-27)31-25-17-4-8-26(9-5-17)20-23-12-16(13-28)19(24-20)15(3)22/h12,14,18,28H,3-11,13H2,1-2H3. The summed E-state index contributed by atoms with van der Waals surface area (Å²) in [6.07, 6.45) is 3.83. The Morgan fingerprint density at radius 1 is 1.32 bits per heavy atom. The van der Waals surface area contributed by atoms with E-state index in [1.807, 2.05) is 18.7 Å². The molecule has 1 aromatic heterocycles. The first-order chi connectivity index (χ1) is 14.9. The van der Waals surface area contributed by atoms with Gasteiger partial charge in [0.05, 0.1) is 18.4 Å². The fourth-order valence-electron chi connectivity index (χ4n) is 3.53. The predicted octanol–water partition coefficient (Wildman–Crippen LogP) is 2.89. The molecule has 31 heavy (non-hydrogen) atoms. The zero-order valence-electron chi connectivity index (χ0n) is 18.1. The molecule has 1 amide bonds. The highest BCUT2D eigenvalue weighted by molar-refractivity contribution is 5.86. The number of likely N-dealkylation sites (tertiary alicyclic amines) is 1. The normalized spacial score (nSPS) is 17.6. The molecule has 0 saturated carbocycles. The molecule has 9 nitrogen and oxygen atoms in total. The lowest BCUT2D eigenvalue weighted by atomic mass is 10.1. The van der Waals surface area contributed by atoms with E-state index in [2.05, 4.69) is 21.7 Å². The maximum absolute atomic E-state index is 13.6. The van der Waals surface area contributed by atoms with Crippen LogP contribution in [-0.4, -0.2) is 70.2 Å². The second-order valence-corrected chi connectivity index (χ2v) is 7.98. The SMILES string of the molecule is C=C(F)c1nc(N2CCC(=NOC3CCN(C(=O)OC(C)C)CC3)CC2)ncc1CO. The minimum Gasteiger partial charge on any atom is -0.447 e. The van der Waals surface area contributed by atoms with Crippen molar-refractivity contribution >= 4 is 23.6 Å². The number of piperidine rings is 2. The third-order valence-electron chi connectivity index (χ3n) is 5.27. The second kappa shape index (κ2) is 10.5. The predicted molar refractivity (Wildman–Crippen MR) is 114 cm³/mol. The largest absolute Gasteiger partial charge is 0.447 e. The third-order valence-corrected chi connectivity index (χ3v) is 5.27. The van der Waals surface area contributed by atoms with Crippen LogP contribution in [0.2, 0.25) is 0 Å². The van der Waals surface area contributed by atoms with Gasteiger partial charge in [-0.15, -0.1) is 0 Å². The molecule has 2 fully saturated rings. The van der Waals surface area contributed by atoms with Crippen LogP contribution in [0.1, 0.15) is 50.8 Å². The molecule has 170 valence electrons. The highest BCUT2D eigenvalue weighted by Crippen LogP contribution is 2.22. The van der Waals surface area contributed by atoms with Gasteiger partial charge in [-0.05, 0) is 13.8 Å². The number of anilines is 1. The number of amides is 1. The first kappa shape index (κ1) is 22.9. The number of ether oxygens (including phenoxy) is 1. The van der Waals surface area contributed by atoms with E-state index in [0.717, 1.165) is 18.6 Å². The number of aromatic nitrogens is 2. The minimum absolute atomic E-state index is 0.0129. The van der Waals surface area contributed by atoms with E-state index in [0.29, 0.717) is 50.5 Å². The topological polar surface area (TPSA) is 100 Å². The lowest BCUT2D eigenvalue weighted by Crippen LogP contribution is -2.41. The molecular weight excluding hydrogens is 405 g/mol. The molecular formula is C21H30FN5O4. The van der Waals surface area contributed by atoms with Crippen molar-refractivity contribution in [3.8, 4) is 0 Å². The Hall–Kier alpha value is -2.75. The van der Waals surface area contributed by atoms with Gasteiger partial charge < -0.3 is 24.5 Å². The molecule has 0 spiro atoms. The van der Waals surface area contributed by atoms with E-state index < -0.39 is 5.83 Å². The van der Waals surface area contributed by atoms with E-state index in [1.165, 1.54) is 6.20 Å². The van der Waals surface area contributed by atoms with Crippen LogP contribution in [0.5, 0.6) is 0 Å². The van der Waals surface area contributed by atoms with Crippen LogP contribution in [0.15, 0.2) is 17.9 Å². The van der Waals surface area contributed by atoms with Gasteiger partial charge in [-0.1, -0.05) is 11.7 Å². The fraction of sp³-hybridized carbons (Fsp3) is 0.619. The molecule has 0 unspecified atom stereocenters. The smallest absolute Gasteiger partial charge is 0.410 e. The number of halogens is 1. The van der Waals surface area contributed by atoms with Gasteiger partial charge in [-0.25, -0.2) is 19.2 Å². The molecule has 1 aromatic rings. The summed E-state index contributed by atoms with van der Waals surface area (Å²) in [6, 6.07) is 0. The van der Waals surface area contributed by atoms with Crippen molar-refractivity contribution in [2.24, 2.45) is 5.16 Å². The number of aliphatic hydroxyl groups excluding tert-OH is 1. The van der Waals surface area contributed by atoms with E-state index in [9.17, 15) is 14.3 Å². The van der Waals surface area contributed by atoms with Crippen LogP contribution >= 0.6 is 0 Å².